The van der Waals surface area contributed by atoms with Crippen molar-refractivity contribution in [3.63, 3.8) is 0 Å². The maximum Gasteiger partial charge on any atom is 0.410 e. The molecule has 34 heavy (non-hydrogen) atoms. The number of aromatic amines is 1. The summed E-state index contributed by atoms with van der Waals surface area (Å²) < 4.78 is 11.0. The number of fused-ring (bicyclic) bond motifs is 1. The molecule has 1 N–H and O–H groups in total. The fraction of sp³-hybridized carbons (Fsp3) is 0.464. The third kappa shape index (κ3) is 5.73. The number of rotatable bonds is 6. The number of carbonyl (C=O) groups is 1. The number of nitrogens with zero attached hydrogens (tertiary/aromatic N) is 2. The van der Waals surface area contributed by atoms with Crippen molar-refractivity contribution in [2.75, 3.05) is 40.3 Å². The molecule has 1 saturated heterocycles. The maximum atomic E-state index is 12.2. The van der Waals surface area contributed by atoms with Crippen molar-refractivity contribution in [1.29, 1.82) is 0 Å². The van der Waals surface area contributed by atoms with Gasteiger partial charge in [0.25, 0.3) is 0 Å². The Labute approximate surface area is 202 Å². The van der Waals surface area contributed by atoms with Gasteiger partial charge in [-0.15, -0.1) is 0 Å². The van der Waals surface area contributed by atoms with E-state index in [-0.39, 0.29) is 6.09 Å². The topological polar surface area (TPSA) is 57.8 Å². The smallest absolute Gasteiger partial charge is 0.410 e. The van der Waals surface area contributed by atoms with Gasteiger partial charge in [-0.2, -0.15) is 0 Å². The molecular weight excluding hydrogens is 426 g/mol. The van der Waals surface area contributed by atoms with Crippen LogP contribution in [-0.2, 0) is 4.74 Å². The van der Waals surface area contributed by atoms with E-state index in [0.29, 0.717) is 12.5 Å². The van der Waals surface area contributed by atoms with Crippen molar-refractivity contribution in [3.8, 4) is 17.0 Å². The lowest BCUT2D eigenvalue weighted by Gasteiger charge is -2.33. The summed E-state index contributed by atoms with van der Waals surface area (Å²) in [4.78, 5) is 19.9. The van der Waals surface area contributed by atoms with Crippen molar-refractivity contribution in [2.45, 2.75) is 45.1 Å². The third-order valence-electron chi connectivity index (χ3n) is 6.56. The molecule has 0 aliphatic carbocycles. The maximum absolute atomic E-state index is 12.2. The molecule has 0 atom stereocenters. The number of likely N-dealkylation sites (N-methyl/N-ethyl adjacent to an activating group) is 1. The van der Waals surface area contributed by atoms with Gasteiger partial charge in [-0.05, 0) is 88.5 Å². The monoisotopic (exact) mass is 463 g/mol. The van der Waals surface area contributed by atoms with Gasteiger partial charge in [0, 0.05) is 36.6 Å². The van der Waals surface area contributed by atoms with Gasteiger partial charge in [0.2, 0.25) is 0 Å². The van der Waals surface area contributed by atoms with E-state index in [1.54, 1.807) is 12.0 Å². The van der Waals surface area contributed by atoms with Gasteiger partial charge in [0.1, 0.15) is 11.4 Å². The van der Waals surface area contributed by atoms with E-state index < -0.39 is 5.60 Å². The fourth-order valence-electron chi connectivity index (χ4n) is 4.63. The molecule has 2 aromatic carbocycles. The first-order valence-electron chi connectivity index (χ1n) is 12.2. The highest BCUT2D eigenvalue weighted by atomic mass is 16.6. The van der Waals surface area contributed by atoms with Gasteiger partial charge in [-0.25, -0.2) is 4.79 Å². The predicted molar refractivity (Wildman–Crippen MR) is 138 cm³/mol. The highest BCUT2D eigenvalue weighted by Gasteiger charge is 2.23. The number of para-hydroxylation sites is 1. The Morgan fingerprint density at radius 2 is 1.85 bits per heavy atom. The molecule has 0 saturated carbocycles. The summed E-state index contributed by atoms with van der Waals surface area (Å²) in [6, 6.07) is 17.1. The minimum Gasteiger partial charge on any atom is -0.496 e. The van der Waals surface area contributed by atoms with Crippen molar-refractivity contribution in [2.24, 2.45) is 0 Å². The molecule has 1 aromatic heterocycles. The highest BCUT2D eigenvalue weighted by molar-refractivity contribution is 5.87. The molecule has 0 spiro atoms. The molecule has 0 radical (unpaired) electrons. The van der Waals surface area contributed by atoms with E-state index in [2.05, 4.69) is 40.2 Å². The van der Waals surface area contributed by atoms with Gasteiger partial charge in [0.05, 0.1) is 12.8 Å². The van der Waals surface area contributed by atoms with Crippen LogP contribution in [0.1, 0.15) is 45.1 Å². The number of aromatic nitrogens is 1. The van der Waals surface area contributed by atoms with E-state index in [9.17, 15) is 4.79 Å². The molecule has 1 aliphatic rings. The molecular formula is C28H37N3O3. The summed E-state index contributed by atoms with van der Waals surface area (Å²) in [5, 5.41) is 1.24. The molecule has 182 valence electrons. The zero-order valence-corrected chi connectivity index (χ0v) is 21.1. The number of piperidine rings is 1. The molecule has 4 rings (SSSR count). The second-order valence-electron chi connectivity index (χ2n) is 10.2. The van der Waals surface area contributed by atoms with Crippen LogP contribution in [0.2, 0.25) is 0 Å². The number of amides is 1. The Morgan fingerprint density at radius 1 is 1.12 bits per heavy atom. The molecule has 0 unspecified atom stereocenters. The van der Waals surface area contributed by atoms with E-state index in [1.165, 1.54) is 10.9 Å². The Kier molecular flexibility index (Phi) is 7.17. The third-order valence-corrected chi connectivity index (χ3v) is 6.56. The lowest BCUT2D eigenvalue weighted by molar-refractivity contribution is 0.0278. The highest BCUT2D eigenvalue weighted by Crippen LogP contribution is 2.34. The van der Waals surface area contributed by atoms with Crippen LogP contribution in [0, 0.1) is 0 Å². The SMILES string of the molecule is COc1ccccc1-c1cc2cc(C3CCN(CCN(C)C(=O)OC(C)(C)C)CC3)ccc2[nH]1. The van der Waals surface area contributed by atoms with Crippen LogP contribution in [0.5, 0.6) is 5.75 Å². The van der Waals surface area contributed by atoms with Crippen LogP contribution in [-0.4, -0.2) is 66.8 Å². The number of ether oxygens (including phenoxy) is 2. The van der Waals surface area contributed by atoms with Gasteiger partial charge in [-0.3, -0.25) is 0 Å². The lowest BCUT2D eigenvalue weighted by atomic mass is 9.89. The van der Waals surface area contributed by atoms with Crippen LogP contribution in [0.25, 0.3) is 22.2 Å². The largest absolute Gasteiger partial charge is 0.496 e. The van der Waals surface area contributed by atoms with Crippen LogP contribution in [0.3, 0.4) is 0 Å². The summed E-state index contributed by atoms with van der Waals surface area (Å²) >= 11 is 0. The molecule has 0 bridgehead atoms. The summed E-state index contributed by atoms with van der Waals surface area (Å²) in [5.41, 5.74) is 4.25. The molecule has 1 aliphatic heterocycles. The Morgan fingerprint density at radius 3 is 2.56 bits per heavy atom. The van der Waals surface area contributed by atoms with E-state index in [0.717, 1.165) is 55.0 Å². The summed E-state index contributed by atoms with van der Waals surface area (Å²) in [6.07, 6.45) is 2.01. The standard InChI is InChI=1S/C28H37N3O3/c1-28(2,3)34-27(32)30(4)16-17-31-14-12-20(13-15-31)21-10-11-24-22(18-21)19-25(29-24)23-8-6-7-9-26(23)33-5/h6-11,18-20,29H,12-17H2,1-5H3. The number of H-pyrrole nitrogens is 1. The molecule has 6 nitrogen and oxygen atoms in total. The summed E-state index contributed by atoms with van der Waals surface area (Å²) in [6.45, 7) is 9.34. The van der Waals surface area contributed by atoms with E-state index >= 15 is 0 Å². The van der Waals surface area contributed by atoms with Gasteiger partial charge in [0.15, 0.2) is 0 Å². The zero-order chi connectivity index (χ0) is 24.3. The number of carbonyl (C=O) groups excluding carboxylic acids is 1. The lowest BCUT2D eigenvalue weighted by Crippen LogP contribution is -2.41. The first kappa shape index (κ1) is 24.1. The summed E-state index contributed by atoms with van der Waals surface area (Å²) in [5.74, 6) is 1.44. The number of benzene rings is 2. The van der Waals surface area contributed by atoms with Crippen LogP contribution in [0.15, 0.2) is 48.5 Å². The number of methoxy groups -OCH3 is 1. The average molecular weight is 464 g/mol. The molecule has 2 heterocycles. The zero-order valence-electron chi connectivity index (χ0n) is 21.1. The van der Waals surface area contributed by atoms with Crippen molar-refractivity contribution >= 4 is 17.0 Å². The number of likely N-dealkylation sites (tertiary alicyclic amines) is 1. The van der Waals surface area contributed by atoms with Crippen LogP contribution >= 0.6 is 0 Å². The Bertz CT molecular complexity index is 1120. The Hall–Kier alpha value is -2.99. The van der Waals surface area contributed by atoms with Gasteiger partial charge < -0.3 is 24.3 Å². The second kappa shape index (κ2) is 10.1. The minimum atomic E-state index is -0.460. The quantitative estimate of drug-likeness (QED) is 0.495. The van der Waals surface area contributed by atoms with Crippen molar-refractivity contribution < 1.29 is 14.3 Å². The minimum absolute atomic E-state index is 0.255. The molecule has 1 amide bonds. The van der Waals surface area contributed by atoms with Crippen molar-refractivity contribution in [1.82, 2.24) is 14.8 Å². The van der Waals surface area contributed by atoms with Crippen molar-refractivity contribution in [3.05, 3.63) is 54.1 Å². The molecule has 1 fully saturated rings. The summed E-state index contributed by atoms with van der Waals surface area (Å²) in [7, 11) is 3.52. The first-order valence-corrected chi connectivity index (χ1v) is 12.2. The van der Waals surface area contributed by atoms with Crippen LogP contribution in [0.4, 0.5) is 4.79 Å². The Balaban J connectivity index is 1.35. The number of nitrogens with one attached hydrogen (secondary N) is 1. The van der Waals surface area contributed by atoms with Crippen LogP contribution < -0.4 is 4.74 Å². The number of hydrogen-bond donors (Lipinski definition) is 1. The first-order chi connectivity index (χ1) is 16.2. The molecule has 3 aromatic rings. The fourth-order valence-corrected chi connectivity index (χ4v) is 4.63. The normalized spacial score (nSPS) is 15.4. The van der Waals surface area contributed by atoms with Gasteiger partial charge in [-0.1, -0.05) is 18.2 Å². The molecule has 6 heteroatoms. The number of hydrogen-bond acceptors (Lipinski definition) is 4. The average Bonchev–Trinajstić information content (AvgIpc) is 3.25. The predicted octanol–water partition coefficient (Wildman–Crippen LogP) is 5.89. The van der Waals surface area contributed by atoms with E-state index in [4.69, 9.17) is 9.47 Å². The van der Waals surface area contributed by atoms with Gasteiger partial charge >= 0.3 is 6.09 Å². The second-order valence-corrected chi connectivity index (χ2v) is 10.2. The van der Waals surface area contributed by atoms with E-state index in [1.807, 2.05) is 46.0 Å².